The molecular formula is C26H25FN4O3. The molecule has 2 amide bonds. The second-order valence-corrected chi connectivity index (χ2v) is 8.44. The molecule has 8 heteroatoms. The number of amides is 2. The molecule has 2 heterocycles. The Morgan fingerprint density at radius 2 is 1.94 bits per heavy atom. The van der Waals surface area contributed by atoms with Gasteiger partial charge in [-0.05, 0) is 47.9 Å². The van der Waals surface area contributed by atoms with Crippen LogP contribution in [0.3, 0.4) is 0 Å². The Kier molecular flexibility index (Phi) is 6.12. The summed E-state index contributed by atoms with van der Waals surface area (Å²) >= 11 is 0. The van der Waals surface area contributed by atoms with Gasteiger partial charge in [-0.15, -0.1) is 0 Å². The molecule has 7 nitrogen and oxygen atoms in total. The molecule has 0 saturated heterocycles. The van der Waals surface area contributed by atoms with Crippen LogP contribution in [0.25, 0.3) is 27.6 Å². The summed E-state index contributed by atoms with van der Waals surface area (Å²) in [6.45, 7) is 2.36. The molecule has 0 bridgehead atoms. The molecule has 0 radical (unpaired) electrons. The zero-order valence-corrected chi connectivity index (χ0v) is 19.5. The maximum absolute atomic E-state index is 15.9. The largest absolute Gasteiger partial charge is 0.497 e. The zero-order chi connectivity index (χ0) is 24.6. The third kappa shape index (κ3) is 4.01. The van der Waals surface area contributed by atoms with Crippen LogP contribution in [0.5, 0.6) is 5.75 Å². The van der Waals surface area contributed by atoms with Gasteiger partial charge in [0.25, 0.3) is 5.91 Å². The van der Waals surface area contributed by atoms with Gasteiger partial charge in [0.1, 0.15) is 11.4 Å². The molecule has 1 aliphatic rings. The van der Waals surface area contributed by atoms with Crippen molar-refractivity contribution < 1.29 is 18.7 Å². The van der Waals surface area contributed by atoms with Crippen molar-refractivity contribution in [3.63, 3.8) is 0 Å². The van der Waals surface area contributed by atoms with Gasteiger partial charge in [-0.2, -0.15) is 5.26 Å². The molecule has 174 valence electrons. The number of H-pyrrole nitrogens is 1. The highest BCUT2D eigenvalue weighted by atomic mass is 19.1. The first kappa shape index (κ1) is 23.1. The molecule has 3 aromatic rings. The van der Waals surface area contributed by atoms with Crippen LogP contribution in [0.1, 0.15) is 35.0 Å². The summed E-state index contributed by atoms with van der Waals surface area (Å²) in [5.74, 6) is -0.338. The first-order valence-corrected chi connectivity index (χ1v) is 10.9. The van der Waals surface area contributed by atoms with Gasteiger partial charge < -0.3 is 19.5 Å². The number of carbonyl (C=O) groups excluding carboxylic acids is 2. The molecule has 0 saturated carbocycles. The number of nitrogens with one attached hydrogen (secondary N) is 1. The Hall–Kier alpha value is -4.12. The molecule has 2 aromatic carbocycles. The van der Waals surface area contributed by atoms with E-state index in [0.29, 0.717) is 51.9 Å². The van der Waals surface area contributed by atoms with E-state index in [4.69, 9.17) is 4.74 Å². The Bertz CT molecular complexity index is 1380. The van der Waals surface area contributed by atoms with Crippen LogP contribution < -0.4 is 4.74 Å². The van der Waals surface area contributed by atoms with Crippen LogP contribution >= 0.6 is 0 Å². The summed E-state index contributed by atoms with van der Waals surface area (Å²) in [6.07, 6.45) is 2.55. The molecule has 34 heavy (non-hydrogen) atoms. The van der Waals surface area contributed by atoms with E-state index in [-0.39, 0.29) is 29.6 Å². The zero-order valence-electron chi connectivity index (χ0n) is 19.5. The van der Waals surface area contributed by atoms with Crippen molar-refractivity contribution in [1.29, 1.82) is 5.26 Å². The summed E-state index contributed by atoms with van der Waals surface area (Å²) < 4.78 is 21.1. The van der Waals surface area contributed by atoms with Crippen molar-refractivity contribution in [3.05, 3.63) is 59.0 Å². The van der Waals surface area contributed by atoms with Crippen molar-refractivity contribution in [2.75, 3.05) is 34.3 Å². The van der Waals surface area contributed by atoms with E-state index < -0.39 is 5.82 Å². The van der Waals surface area contributed by atoms with E-state index in [1.807, 2.05) is 6.08 Å². The van der Waals surface area contributed by atoms with Crippen molar-refractivity contribution in [1.82, 2.24) is 14.8 Å². The molecule has 1 aliphatic heterocycles. The van der Waals surface area contributed by atoms with Crippen LogP contribution in [-0.4, -0.2) is 60.9 Å². The van der Waals surface area contributed by atoms with Gasteiger partial charge in [0, 0.05) is 50.6 Å². The fourth-order valence-corrected chi connectivity index (χ4v) is 4.26. The van der Waals surface area contributed by atoms with E-state index >= 15 is 4.39 Å². The first-order chi connectivity index (χ1) is 16.2. The predicted molar refractivity (Wildman–Crippen MR) is 128 cm³/mol. The van der Waals surface area contributed by atoms with E-state index in [9.17, 15) is 14.9 Å². The third-order valence-electron chi connectivity index (χ3n) is 6.07. The number of fused-ring (bicyclic) bond motifs is 1. The predicted octanol–water partition coefficient (Wildman–Crippen LogP) is 4.19. The Morgan fingerprint density at radius 1 is 1.18 bits per heavy atom. The number of hydrogen-bond acceptors (Lipinski definition) is 4. The van der Waals surface area contributed by atoms with E-state index in [2.05, 4.69) is 11.1 Å². The van der Waals surface area contributed by atoms with E-state index in [0.717, 1.165) is 0 Å². The van der Waals surface area contributed by atoms with Gasteiger partial charge in [-0.25, -0.2) is 4.39 Å². The van der Waals surface area contributed by atoms with Gasteiger partial charge in [0.2, 0.25) is 5.91 Å². The molecule has 0 aliphatic carbocycles. The van der Waals surface area contributed by atoms with Crippen LogP contribution in [-0.2, 0) is 4.79 Å². The number of nitrogens with zero attached hydrogens (tertiary/aromatic N) is 3. The van der Waals surface area contributed by atoms with Gasteiger partial charge >= 0.3 is 0 Å². The number of ether oxygens (including phenoxy) is 1. The maximum atomic E-state index is 15.9. The van der Waals surface area contributed by atoms with Crippen LogP contribution in [0.15, 0.2) is 36.4 Å². The van der Waals surface area contributed by atoms with Crippen molar-refractivity contribution in [2.24, 2.45) is 0 Å². The summed E-state index contributed by atoms with van der Waals surface area (Å²) in [5.41, 5.74) is 3.01. The monoisotopic (exact) mass is 460 g/mol. The summed E-state index contributed by atoms with van der Waals surface area (Å²) in [4.78, 5) is 30.6. The average molecular weight is 461 g/mol. The van der Waals surface area contributed by atoms with E-state index in [1.54, 1.807) is 49.3 Å². The maximum Gasteiger partial charge on any atom is 0.269 e. The number of methoxy groups -OCH3 is 1. The lowest BCUT2D eigenvalue weighted by atomic mass is 9.91. The van der Waals surface area contributed by atoms with Gasteiger partial charge in [0.15, 0.2) is 5.82 Å². The SMILES string of the molecule is COc1ccc(-c2cc(C3=CCCN(C(C)=O)C3)c(F)c3[nH]c(C(=O)N(C)C)cc23)c(C#N)c1. The highest BCUT2D eigenvalue weighted by Crippen LogP contribution is 2.38. The highest BCUT2D eigenvalue weighted by Gasteiger charge is 2.24. The lowest BCUT2D eigenvalue weighted by molar-refractivity contribution is -0.128. The van der Waals surface area contributed by atoms with Crippen molar-refractivity contribution >= 4 is 28.3 Å². The first-order valence-electron chi connectivity index (χ1n) is 10.9. The quantitative estimate of drug-likeness (QED) is 0.632. The van der Waals surface area contributed by atoms with E-state index in [1.165, 1.54) is 18.9 Å². The number of rotatable bonds is 4. The standard InChI is InChI=1S/C26H25FN4O3/c1-15(32)31-9-5-6-16(14-31)20-11-21(19-8-7-18(34-4)10-17(19)13-28)22-12-23(26(33)30(2)3)29-25(22)24(20)27/h6-8,10-12,29H,5,9,14H2,1-4H3. The normalized spacial score (nSPS) is 13.4. The number of nitriles is 1. The number of carbonyl (C=O) groups is 2. The smallest absolute Gasteiger partial charge is 0.269 e. The summed E-state index contributed by atoms with van der Waals surface area (Å²) in [7, 11) is 4.76. The lowest BCUT2D eigenvalue weighted by Gasteiger charge is -2.27. The minimum atomic E-state index is -0.500. The Morgan fingerprint density at radius 3 is 2.59 bits per heavy atom. The minimum absolute atomic E-state index is 0.0760. The molecule has 1 N–H and O–H groups in total. The van der Waals surface area contributed by atoms with Crippen LogP contribution in [0.2, 0.25) is 0 Å². The van der Waals surface area contributed by atoms with Crippen LogP contribution in [0.4, 0.5) is 4.39 Å². The molecule has 4 rings (SSSR count). The Labute approximate surface area is 197 Å². The fourth-order valence-electron chi connectivity index (χ4n) is 4.26. The third-order valence-corrected chi connectivity index (χ3v) is 6.07. The molecule has 0 fully saturated rings. The van der Waals surface area contributed by atoms with Gasteiger partial charge in [-0.1, -0.05) is 6.08 Å². The number of aromatic amines is 1. The fraction of sp³-hybridized carbons (Fsp3) is 0.269. The molecule has 0 atom stereocenters. The molecule has 0 spiro atoms. The van der Waals surface area contributed by atoms with Crippen molar-refractivity contribution in [3.8, 4) is 22.9 Å². The number of aromatic nitrogens is 1. The van der Waals surface area contributed by atoms with Gasteiger partial charge in [-0.3, -0.25) is 9.59 Å². The van der Waals surface area contributed by atoms with Gasteiger partial charge in [0.05, 0.1) is 24.3 Å². The number of hydrogen-bond donors (Lipinski definition) is 1. The number of benzene rings is 2. The highest BCUT2D eigenvalue weighted by molar-refractivity contribution is 6.05. The summed E-state index contributed by atoms with van der Waals surface area (Å²) in [6, 6.07) is 10.6. The number of halogens is 1. The molecule has 1 aromatic heterocycles. The lowest BCUT2D eigenvalue weighted by Crippen LogP contribution is -2.33. The van der Waals surface area contributed by atoms with Crippen molar-refractivity contribution in [2.45, 2.75) is 13.3 Å². The molecular weight excluding hydrogens is 435 g/mol. The summed E-state index contributed by atoms with van der Waals surface area (Å²) in [5, 5.41) is 10.3. The average Bonchev–Trinajstić information content (AvgIpc) is 3.29. The second kappa shape index (κ2) is 9.02. The molecule has 0 unspecified atom stereocenters. The Balaban J connectivity index is 2.00. The van der Waals surface area contributed by atoms with Crippen LogP contribution in [0, 0.1) is 17.1 Å². The minimum Gasteiger partial charge on any atom is -0.497 e. The second-order valence-electron chi connectivity index (χ2n) is 8.44. The topological polar surface area (TPSA) is 89.4 Å².